The quantitative estimate of drug-likeness (QED) is 0.859. The van der Waals surface area contributed by atoms with E-state index in [1.54, 1.807) is 0 Å². The van der Waals surface area contributed by atoms with Gasteiger partial charge in [0.05, 0.1) is 12.7 Å². The molecule has 1 aromatic carbocycles. The number of aliphatic hydroxyl groups is 1. The highest BCUT2D eigenvalue weighted by Gasteiger charge is 2.39. The van der Waals surface area contributed by atoms with Gasteiger partial charge in [-0.15, -0.1) is 0 Å². The summed E-state index contributed by atoms with van der Waals surface area (Å²) < 4.78 is 11.1. The van der Waals surface area contributed by atoms with Crippen molar-refractivity contribution < 1.29 is 14.6 Å². The largest absolute Gasteiger partial charge is 0.493 e. The van der Waals surface area contributed by atoms with Crippen LogP contribution in [0.3, 0.4) is 0 Å². The summed E-state index contributed by atoms with van der Waals surface area (Å²) in [6, 6.07) is 8.16. The minimum absolute atomic E-state index is 0.0906. The summed E-state index contributed by atoms with van der Waals surface area (Å²) in [6.07, 6.45) is 0.617. The Morgan fingerprint density at radius 2 is 2.26 bits per heavy atom. The van der Waals surface area contributed by atoms with E-state index < -0.39 is 5.60 Å². The van der Waals surface area contributed by atoms with Gasteiger partial charge < -0.3 is 19.9 Å². The van der Waals surface area contributed by atoms with Gasteiger partial charge in [-0.1, -0.05) is 18.2 Å². The number of hydrogen-bond donors (Lipinski definition) is 2. The standard InChI is InChI=1S/C15H21NO3/c1-11-15(17,6-7-18-11)10-16-8-12-9-19-14-5-3-2-4-13(12)14/h2-5,11-12,16-17H,6-10H2,1H3. The zero-order valence-corrected chi connectivity index (χ0v) is 11.3. The zero-order chi connectivity index (χ0) is 13.3. The predicted molar refractivity (Wildman–Crippen MR) is 72.5 cm³/mol. The van der Waals surface area contributed by atoms with Gasteiger partial charge in [0.15, 0.2) is 0 Å². The van der Waals surface area contributed by atoms with Gasteiger partial charge in [0.2, 0.25) is 0 Å². The van der Waals surface area contributed by atoms with Crippen molar-refractivity contribution in [1.29, 1.82) is 0 Å². The van der Waals surface area contributed by atoms with Gasteiger partial charge in [-0.05, 0) is 13.0 Å². The molecule has 1 saturated heterocycles. The number of benzene rings is 1. The normalized spacial score (nSPS) is 33.2. The van der Waals surface area contributed by atoms with Gasteiger partial charge in [0, 0.05) is 37.6 Å². The highest BCUT2D eigenvalue weighted by atomic mass is 16.5. The summed E-state index contributed by atoms with van der Waals surface area (Å²) in [5.74, 6) is 1.36. The molecule has 0 spiro atoms. The molecule has 4 heteroatoms. The Hall–Kier alpha value is -1.10. The van der Waals surface area contributed by atoms with Crippen molar-refractivity contribution in [3.8, 4) is 5.75 Å². The van der Waals surface area contributed by atoms with Crippen LogP contribution in [-0.4, -0.2) is 43.1 Å². The SMILES string of the molecule is CC1OCCC1(O)CNCC1COc2ccccc21. The highest BCUT2D eigenvalue weighted by molar-refractivity contribution is 5.39. The van der Waals surface area contributed by atoms with Crippen molar-refractivity contribution in [2.45, 2.75) is 31.0 Å². The van der Waals surface area contributed by atoms with Gasteiger partial charge >= 0.3 is 0 Å². The van der Waals surface area contributed by atoms with E-state index in [2.05, 4.69) is 11.4 Å². The Morgan fingerprint density at radius 3 is 3.05 bits per heavy atom. The van der Waals surface area contributed by atoms with Crippen LogP contribution in [0.25, 0.3) is 0 Å². The monoisotopic (exact) mass is 263 g/mol. The van der Waals surface area contributed by atoms with Crippen LogP contribution in [0.4, 0.5) is 0 Å². The Labute approximate surface area is 113 Å². The number of nitrogens with one attached hydrogen (secondary N) is 1. The summed E-state index contributed by atoms with van der Waals surface area (Å²) in [5, 5.41) is 13.8. The van der Waals surface area contributed by atoms with E-state index in [4.69, 9.17) is 9.47 Å². The molecule has 0 amide bonds. The summed E-state index contributed by atoms with van der Waals surface area (Å²) in [6.45, 7) is 4.70. The molecule has 4 nitrogen and oxygen atoms in total. The molecule has 2 heterocycles. The van der Waals surface area contributed by atoms with Crippen LogP contribution in [0.2, 0.25) is 0 Å². The molecule has 0 aromatic heterocycles. The van der Waals surface area contributed by atoms with Gasteiger partial charge in [-0.3, -0.25) is 0 Å². The van der Waals surface area contributed by atoms with Crippen LogP contribution in [0, 0.1) is 0 Å². The predicted octanol–water partition coefficient (Wildman–Crippen LogP) is 1.29. The lowest BCUT2D eigenvalue weighted by Gasteiger charge is -2.26. The first-order valence-electron chi connectivity index (χ1n) is 6.95. The second kappa shape index (κ2) is 5.12. The molecule has 0 aliphatic carbocycles. The Kier molecular flexibility index (Phi) is 3.48. The third kappa shape index (κ3) is 2.48. The minimum atomic E-state index is -0.723. The first-order chi connectivity index (χ1) is 9.19. The van der Waals surface area contributed by atoms with E-state index in [9.17, 15) is 5.11 Å². The second-order valence-electron chi connectivity index (χ2n) is 5.54. The third-order valence-corrected chi connectivity index (χ3v) is 4.28. The van der Waals surface area contributed by atoms with E-state index in [0.29, 0.717) is 25.5 Å². The topological polar surface area (TPSA) is 50.7 Å². The van der Waals surface area contributed by atoms with Crippen molar-refractivity contribution in [2.24, 2.45) is 0 Å². The molecule has 3 rings (SSSR count). The second-order valence-corrected chi connectivity index (χ2v) is 5.54. The van der Waals surface area contributed by atoms with E-state index >= 15 is 0 Å². The zero-order valence-electron chi connectivity index (χ0n) is 11.3. The molecule has 1 aromatic rings. The van der Waals surface area contributed by atoms with Crippen LogP contribution >= 0.6 is 0 Å². The average molecular weight is 263 g/mol. The number of ether oxygens (including phenoxy) is 2. The molecule has 3 unspecified atom stereocenters. The van der Waals surface area contributed by atoms with E-state index in [0.717, 1.165) is 18.9 Å². The van der Waals surface area contributed by atoms with Gasteiger partial charge in [0.1, 0.15) is 11.4 Å². The summed E-state index contributed by atoms with van der Waals surface area (Å²) >= 11 is 0. The number of rotatable bonds is 4. The lowest BCUT2D eigenvalue weighted by Crippen LogP contribution is -2.46. The highest BCUT2D eigenvalue weighted by Crippen LogP contribution is 2.33. The maximum absolute atomic E-state index is 10.4. The van der Waals surface area contributed by atoms with Crippen LogP contribution < -0.4 is 10.1 Å². The van der Waals surface area contributed by atoms with Gasteiger partial charge in [-0.25, -0.2) is 0 Å². The molecule has 0 saturated carbocycles. The van der Waals surface area contributed by atoms with Crippen molar-refractivity contribution in [3.63, 3.8) is 0 Å². The Bertz CT molecular complexity index is 451. The van der Waals surface area contributed by atoms with Crippen LogP contribution in [0.15, 0.2) is 24.3 Å². The van der Waals surface area contributed by atoms with E-state index in [-0.39, 0.29) is 6.10 Å². The number of fused-ring (bicyclic) bond motifs is 1. The smallest absolute Gasteiger partial charge is 0.122 e. The molecule has 0 bridgehead atoms. The van der Waals surface area contributed by atoms with Crippen molar-refractivity contribution >= 4 is 0 Å². The fourth-order valence-electron chi connectivity index (χ4n) is 2.86. The first-order valence-corrected chi connectivity index (χ1v) is 6.95. The van der Waals surface area contributed by atoms with Crippen LogP contribution in [-0.2, 0) is 4.74 Å². The molecule has 3 atom stereocenters. The molecule has 0 radical (unpaired) electrons. The van der Waals surface area contributed by atoms with Gasteiger partial charge in [0.25, 0.3) is 0 Å². The van der Waals surface area contributed by atoms with Crippen LogP contribution in [0.1, 0.15) is 24.8 Å². The molecule has 104 valence electrons. The third-order valence-electron chi connectivity index (χ3n) is 4.28. The Balaban J connectivity index is 1.54. The number of hydrogen-bond acceptors (Lipinski definition) is 4. The first kappa shape index (κ1) is 12.9. The molecule has 2 aliphatic rings. The van der Waals surface area contributed by atoms with Crippen molar-refractivity contribution in [3.05, 3.63) is 29.8 Å². The Morgan fingerprint density at radius 1 is 1.42 bits per heavy atom. The molecule has 2 aliphatic heterocycles. The lowest BCUT2D eigenvalue weighted by atomic mass is 9.96. The lowest BCUT2D eigenvalue weighted by molar-refractivity contribution is -0.0262. The fraction of sp³-hybridized carbons (Fsp3) is 0.600. The van der Waals surface area contributed by atoms with E-state index in [1.807, 2.05) is 25.1 Å². The summed E-state index contributed by atoms with van der Waals surface area (Å²) in [4.78, 5) is 0. The minimum Gasteiger partial charge on any atom is -0.493 e. The molecule has 19 heavy (non-hydrogen) atoms. The maximum Gasteiger partial charge on any atom is 0.122 e. The van der Waals surface area contributed by atoms with Crippen molar-refractivity contribution in [1.82, 2.24) is 5.32 Å². The van der Waals surface area contributed by atoms with Crippen LogP contribution in [0.5, 0.6) is 5.75 Å². The summed E-state index contributed by atoms with van der Waals surface area (Å²) in [7, 11) is 0. The van der Waals surface area contributed by atoms with E-state index in [1.165, 1.54) is 5.56 Å². The average Bonchev–Trinajstić information content (AvgIpc) is 2.96. The number of para-hydroxylation sites is 1. The molecular formula is C15H21NO3. The van der Waals surface area contributed by atoms with Crippen molar-refractivity contribution in [2.75, 3.05) is 26.3 Å². The molecule has 2 N–H and O–H groups in total. The maximum atomic E-state index is 10.4. The fourth-order valence-corrected chi connectivity index (χ4v) is 2.86. The van der Waals surface area contributed by atoms with Gasteiger partial charge in [-0.2, -0.15) is 0 Å². The summed E-state index contributed by atoms with van der Waals surface area (Å²) in [5.41, 5.74) is 0.539. The molecular weight excluding hydrogens is 242 g/mol. The molecule has 1 fully saturated rings.